The summed E-state index contributed by atoms with van der Waals surface area (Å²) < 4.78 is 0. The van der Waals surface area contributed by atoms with Crippen LogP contribution in [0.1, 0.15) is 43.9 Å². The molecule has 2 nitrogen and oxygen atoms in total. The van der Waals surface area contributed by atoms with E-state index in [9.17, 15) is 0 Å². The standard InChI is InChI=1S/C18H30N2/c1-14(2)13-15-5-7-16(8-6-15)18(20(3)4)17-9-11-19-12-10-17/h5-8,14,17-19H,9-13H2,1-4H3. The highest BCUT2D eigenvalue weighted by molar-refractivity contribution is 5.26. The molecule has 1 N–H and O–H groups in total. The zero-order chi connectivity index (χ0) is 14.5. The maximum Gasteiger partial charge on any atom is 0.0371 e. The second-order valence-electron chi connectivity index (χ2n) is 6.84. The number of rotatable bonds is 5. The fraction of sp³-hybridized carbons (Fsp3) is 0.667. The van der Waals surface area contributed by atoms with E-state index >= 15 is 0 Å². The van der Waals surface area contributed by atoms with Crippen LogP contribution in [0, 0.1) is 11.8 Å². The van der Waals surface area contributed by atoms with E-state index in [4.69, 9.17) is 0 Å². The average Bonchev–Trinajstić information content (AvgIpc) is 2.41. The van der Waals surface area contributed by atoms with E-state index < -0.39 is 0 Å². The molecule has 0 aliphatic carbocycles. The van der Waals surface area contributed by atoms with Crippen molar-refractivity contribution in [3.05, 3.63) is 35.4 Å². The summed E-state index contributed by atoms with van der Waals surface area (Å²) in [5.41, 5.74) is 2.95. The highest BCUT2D eigenvalue weighted by atomic mass is 15.1. The van der Waals surface area contributed by atoms with Gasteiger partial charge in [-0.15, -0.1) is 0 Å². The third-order valence-corrected chi connectivity index (χ3v) is 4.35. The van der Waals surface area contributed by atoms with Crippen LogP contribution in [0.3, 0.4) is 0 Å². The maximum atomic E-state index is 3.47. The van der Waals surface area contributed by atoms with Gasteiger partial charge in [0, 0.05) is 6.04 Å². The molecule has 112 valence electrons. The van der Waals surface area contributed by atoms with Crippen molar-refractivity contribution in [1.82, 2.24) is 10.2 Å². The monoisotopic (exact) mass is 274 g/mol. The minimum atomic E-state index is 0.560. The zero-order valence-corrected chi connectivity index (χ0v) is 13.5. The van der Waals surface area contributed by atoms with Gasteiger partial charge >= 0.3 is 0 Å². The predicted molar refractivity (Wildman–Crippen MR) is 87.0 cm³/mol. The number of piperidine rings is 1. The van der Waals surface area contributed by atoms with Gasteiger partial charge in [-0.3, -0.25) is 0 Å². The van der Waals surface area contributed by atoms with Gasteiger partial charge in [0.25, 0.3) is 0 Å². The Bertz CT molecular complexity index is 388. The Kier molecular flexibility index (Phi) is 5.62. The molecule has 1 aliphatic heterocycles. The Balaban J connectivity index is 2.12. The van der Waals surface area contributed by atoms with Gasteiger partial charge in [-0.05, 0) is 69.4 Å². The van der Waals surface area contributed by atoms with Gasteiger partial charge < -0.3 is 10.2 Å². The van der Waals surface area contributed by atoms with Gasteiger partial charge in [-0.1, -0.05) is 38.1 Å². The minimum Gasteiger partial charge on any atom is -0.317 e. The van der Waals surface area contributed by atoms with E-state index in [0.29, 0.717) is 6.04 Å². The molecule has 1 aromatic rings. The summed E-state index contributed by atoms with van der Waals surface area (Å²) in [6.45, 7) is 6.90. The number of hydrogen-bond acceptors (Lipinski definition) is 2. The summed E-state index contributed by atoms with van der Waals surface area (Å²) in [6.07, 6.45) is 3.76. The van der Waals surface area contributed by atoms with Crippen LogP contribution in [0.15, 0.2) is 24.3 Å². The summed E-state index contributed by atoms with van der Waals surface area (Å²) in [5, 5.41) is 3.47. The SMILES string of the molecule is CC(C)Cc1ccc(C(C2CCNCC2)N(C)C)cc1. The molecule has 0 bridgehead atoms. The van der Waals surface area contributed by atoms with E-state index in [1.807, 2.05) is 0 Å². The van der Waals surface area contributed by atoms with Crippen molar-refractivity contribution in [1.29, 1.82) is 0 Å². The molecular weight excluding hydrogens is 244 g/mol. The van der Waals surface area contributed by atoms with Crippen LogP contribution in [-0.4, -0.2) is 32.1 Å². The minimum absolute atomic E-state index is 0.560. The summed E-state index contributed by atoms with van der Waals surface area (Å²) >= 11 is 0. The van der Waals surface area contributed by atoms with Crippen molar-refractivity contribution < 1.29 is 0 Å². The largest absolute Gasteiger partial charge is 0.317 e. The summed E-state index contributed by atoms with van der Waals surface area (Å²) in [7, 11) is 4.43. The zero-order valence-electron chi connectivity index (χ0n) is 13.5. The lowest BCUT2D eigenvalue weighted by atomic mass is 9.85. The van der Waals surface area contributed by atoms with Crippen LogP contribution < -0.4 is 5.32 Å². The third-order valence-electron chi connectivity index (χ3n) is 4.35. The van der Waals surface area contributed by atoms with Crippen molar-refractivity contribution >= 4 is 0 Å². The van der Waals surface area contributed by atoms with Crippen molar-refractivity contribution in [2.24, 2.45) is 11.8 Å². The summed E-state index contributed by atoms with van der Waals surface area (Å²) in [6, 6.07) is 9.92. The van der Waals surface area contributed by atoms with Crippen molar-refractivity contribution in [2.75, 3.05) is 27.2 Å². The van der Waals surface area contributed by atoms with Gasteiger partial charge in [0.05, 0.1) is 0 Å². The topological polar surface area (TPSA) is 15.3 Å². The van der Waals surface area contributed by atoms with E-state index in [-0.39, 0.29) is 0 Å². The lowest BCUT2D eigenvalue weighted by Crippen LogP contribution is -2.36. The van der Waals surface area contributed by atoms with E-state index in [0.717, 1.165) is 11.8 Å². The Hall–Kier alpha value is -0.860. The van der Waals surface area contributed by atoms with Crippen LogP contribution in [0.5, 0.6) is 0 Å². The highest BCUT2D eigenvalue weighted by Crippen LogP contribution is 2.32. The van der Waals surface area contributed by atoms with Gasteiger partial charge in [-0.2, -0.15) is 0 Å². The molecule has 1 fully saturated rings. The molecule has 0 aromatic heterocycles. The Labute approximate surface area is 124 Å². The van der Waals surface area contributed by atoms with Crippen LogP contribution in [0.2, 0.25) is 0 Å². The molecule has 1 unspecified atom stereocenters. The second-order valence-corrected chi connectivity index (χ2v) is 6.84. The Morgan fingerprint density at radius 3 is 2.20 bits per heavy atom. The van der Waals surface area contributed by atoms with Crippen LogP contribution >= 0.6 is 0 Å². The summed E-state index contributed by atoms with van der Waals surface area (Å²) in [4.78, 5) is 2.40. The maximum absolute atomic E-state index is 3.47. The van der Waals surface area contributed by atoms with Gasteiger partial charge in [0.2, 0.25) is 0 Å². The predicted octanol–water partition coefficient (Wildman–Crippen LogP) is 3.49. The van der Waals surface area contributed by atoms with Crippen molar-refractivity contribution in [3.8, 4) is 0 Å². The Morgan fingerprint density at radius 1 is 1.10 bits per heavy atom. The quantitative estimate of drug-likeness (QED) is 0.884. The van der Waals surface area contributed by atoms with Crippen LogP contribution in [0.4, 0.5) is 0 Å². The lowest BCUT2D eigenvalue weighted by Gasteiger charge is -2.35. The molecule has 0 radical (unpaired) electrons. The molecule has 0 spiro atoms. The molecule has 0 saturated carbocycles. The van der Waals surface area contributed by atoms with Crippen LogP contribution in [0.25, 0.3) is 0 Å². The molecule has 2 rings (SSSR count). The highest BCUT2D eigenvalue weighted by Gasteiger charge is 2.26. The van der Waals surface area contributed by atoms with E-state index in [1.54, 1.807) is 0 Å². The number of benzene rings is 1. The fourth-order valence-corrected chi connectivity index (χ4v) is 3.47. The Morgan fingerprint density at radius 2 is 1.70 bits per heavy atom. The van der Waals surface area contributed by atoms with E-state index in [1.165, 1.54) is 43.5 Å². The lowest BCUT2D eigenvalue weighted by molar-refractivity contribution is 0.177. The molecule has 0 amide bonds. The molecule has 1 aromatic carbocycles. The number of nitrogens with one attached hydrogen (secondary N) is 1. The molecule has 20 heavy (non-hydrogen) atoms. The first kappa shape index (κ1) is 15.5. The van der Waals surface area contributed by atoms with E-state index in [2.05, 4.69) is 62.4 Å². The first-order valence-corrected chi connectivity index (χ1v) is 8.04. The molecule has 1 heterocycles. The molecule has 1 saturated heterocycles. The number of nitrogens with zero attached hydrogens (tertiary/aromatic N) is 1. The molecule has 1 aliphatic rings. The van der Waals surface area contributed by atoms with Crippen molar-refractivity contribution in [2.45, 2.75) is 39.2 Å². The first-order valence-electron chi connectivity index (χ1n) is 8.04. The van der Waals surface area contributed by atoms with Gasteiger partial charge in [0.1, 0.15) is 0 Å². The van der Waals surface area contributed by atoms with Crippen molar-refractivity contribution in [3.63, 3.8) is 0 Å². The molecular formula is C18H30N2. The molecule has 1 atom stereocenters. The second kappa shape index (κ2) is 7.24. The summed E-state index contributed by atoms with van der Waals surface area (Å²) in [5.74, 6) is 1.51. The normalized spacial score (nSPS) is 18.7. The number of hydrogen-bond donors (Lipinski definition) is 1. The fourth-order valence-electron chi connectivity index (χ4n) is 3.47. The van der Waals surface area contributed by atoms with Gasteiger partial charge in [-0.25, -0.2) is 0 Å². The van der Waals surface area contributed by atoms with Gasteiger partial charge in [0.15, 0.2) is 0 Å². The molecule has 2 heteroatoms. The smallest absolute Gasteiger partial charge is 0.0371 e. The third kappa shape index (κ3) is 4.07. The average molecular weight is 274 g/mol. The van der Waals surface area contributed by atoms with Crippen LogP contribution in [-0.2, 0) is 6.42 Å². The first-order chi connectivity index (χ1) is 9.58.